The largest absolute Gasteiger partial charge is 0.398 e. The van der Waals surface area contributed by atoms with E-state index in [1.807, 2.05) is 0 Å². The van der Waals surface area contributed by atoms with Gasteiger partial charge in [0.25, 0.3) is 0 Å². The minimum absolute atomic E-state index is 0.0802. The molecule has 0 fully saturated rings. The van der Waals surface area contributed by atoms with Crippen LogP contribution in [0, 0.1) is 21.7 Å². The molecule has 0 saturated carbocycles. The van der Waals surface area contributed by atoms with Crippen LogP contribution in [0.15, 0.2) is 0 Å². The van der Waals surface area contributed by atoms with Gasteiger partial charge >= 0.3 is 8.56 Å². The summed E-state index contributed by atoms with van der Waals surface area (Å²) in [6.45, 7) is 21.5. The van der Waals surface area contributed by atoms with E-state index < -0.39 is 8.56 Å². The molecule has 0 aromatic heterocycles. The van der Waals surface area contributed by atoms with Crippen LogP contribution in [-0.4, -0.2) is 43.3 Å². The maximum atomic E-state index is 5.77. The highest BCUT2D eigenvalue weighted by atomic mass is 28.4. The Labute approximate surface area is 190 Å². The maximum absolute atomic E-state index is 5.77. The van der Waals surface area contributed by atoms with Gasteiger partial charge in [-0.2, -0.15) is 0 Å². The Hall–Kier alpha value is 0.0569. The van der Waals surface area contributed by atoms with Gasteiger partial charge in [0.1, 0.15) is 0 Å². The fourth-order valence-electron chi connectivity index (χ4n) is 6.34. The fraction of sp³-hybridized carbons (Fsp3) is 1.00. The van der Waals surface area contributed by atoms with Gasteiger partial charge in [-0.25, -0.2) is 0 Å². The average molecular weight is 447 g/mol. The maximum Gasteiger partial charge on any atom is 0.334 e. The molecule has 0 heterocycles. The highest BCUT2D eigenvalue weighted by molar-refractivity contribution is 6.66. The SMILES string of the molecule is COC(CCCC(C)(C)CC(C)(C)CC(C)(C)CC(C)(C)C[Si](C)(OC)OC)OC. The molecule has 0 unspecified atom stereocenters. The molecular weight excluding hydrogens is 392 g/mol. The van der Waals surface area contributed by atoms with Gasteiger partial charge in [0, 0.05) is 28.4 Å². The predicted molar refractivity (Wildman–Crippen MR) is 131 cm³/mol. The van der Waals surface area contributed by atoms with Gasteiger partial charge in [0.05, 0.1) is 0 Å². The summed E-state index contributed by atoms with van der Waals surface area (Å²) < 4.78 is 22.2. The van der Waals surface area contributed by atoms with Crippen LogP contribution >= 0.6 is 0 Å². The summed E-state index contributed by atoms with van der Waals surface area (Å²) in [7, 11) is 4.95. The van der Waals surface area contributed by atoms with E-state index in [9.17, 15) is 0 Å². The van der Waals surface area contributed by atoms with Gasteiger partial charge in [0.15, 0.2) is 6.29 Å². The van der Waals surface area contributed by atoms with E-state index in [4.69, 9.17) is 18.3 Å². The van der Waals surface area contributed by atoms with Crippen LogP contribution in [-0.2, 0) is 18.3 Å². The second-order valence-corrected chi connectivity index (χ2v) is 16.1. The molecular formula is C25H54O4Si. The van der Waals surface area contributed by atoms with Crippen molar-refractivity contribution in [2.75, 3.05) is 28.4 Å². The molecule has 0 N–H and O–H groups in total. The molecule has 0 atom stereocenters. The number of ether oxygens (including phenoxy) is 2. The number of methoxy groups -OCH3 is 2. The molecule has 0 aliphatic carbocycles. The van der Waals surface area contributed by atoms with Crippen LogP contribution in [0.1, 0.15) is 93.9 Å². The van der Waals surface area contributed by atoms with Crippen LogP contribution in [0.25, 0.3) is 0 Å². The lowest BCUT2D eigenvalue weighted by atomic mass is 9.63. The van der Waals surface area contributed by atoms with Crippen molar-refractivity contribution in [2.45, 2.75) is 113 Å². The zero-order chi connectivity index (χ0) is 23.9. The monoisotopic (exact) mass is 446 g/mol. The first-order chi connectivity index (χ1) is 13.4. The van der Waals surface area contributed by atoms with Crippen molar-refractivity contribution in [3.8, 4) is 0 Å². The van der Waals surface area contributed by atoms with Crippen molar-refractivity contribution in [3.63, 3.8) is 0 Å². The van der Waals surface area contributed by atoms with Gasteiger partial charge in [0.2, 0.25) is 0 Å². The molecule has 182 valence electrons. The molecule has 0 spiro atoms. The molecule has 0 aromatic carbocycles. The third-order valence-corrected chi connectivity index (χ3v) is 9.68. The quantitative estimate of drug-likeness (QED) is 0.183. The van der Waals surface area contributed by atoms with Crippen LogP contribution in [0.2, 0.25) is 12.6 Å². The molecule has 0 aliphatic rings. The Morgan fingerprint density at radius 1 is 0.633 bits per heavy atom. The zero-order valence-corrected chi connectivity index (χ0v) is 23.7. The third kappa shape index (κ3) is 12.2. The first-order valence-electron chi connectivity index (χ1n) is 11.6. The minimum atomic E-state index is -2.08. The van der Waals surface area contributed by atoms with Crippen molar-refractivity contribution >= 4 is 8.56 Å². The van der Waals surface area contributed by atoms with E-state index in [2.05, 4.69) is 61.9 Å². The van der Waals surface area contributed by atoms with Gasteiger partial charge in [-0.15, -0.1) is 0 Å². The van der Waals surface area contributed by atoms with E-state index in [-0.39, 0.29) is 22.5 Å². The highest BCUT2D eigenvalue weighted by Crippen LogP contribution is 2.49. The van der Waals surface area contributed by atoms with E-state index in [0.717, 1.165) is 18.9 Å². The van der Waals surface area contributed by atoms with Crippen molar-refractivity contribution in [1.29, 1.82) is 0 Å². The average Bonchev–Trinajstić information content (AvgIpc) is 2.54. The molecule has 4 nitrogen and oxygen atoms in total. The molecule has 0 amide bonds. The lowest BCUT2D eigenvalue weighted by molar-refractivity contribution is -0.108. The van der Waals surface area contributed by atoms with E-state index in [1.165, 1.54) is 25.7 Å². The first-order valence-corrected chi connectivity index (χ1v) is 14.1. The summed E-state index contributed by atoms with van der Waals surface area (Å²) in [5, 5.41) is 0. The Balaban J connectivity index is 4.93. The molecule has 5 heteroatoms. The molecule has 0 aromatic rings. The smallest absolute Gasteiger partial charge is 0.334 e. The van der Waals surface area contributed by atoms with Gasteiger partial charge in [-0.05, 0) is 72.8 Å². The normalized spacial score (nSPS) is 14.6. The summed E-state index contributed by atoms with van der Waals surface area (Å²) in [6.07, 6.45) is 6.80. The summed E-state index contributed by atoms with van der Waals surface area (Å²) in [5.74, 6) is 0. The third-order valence-electron chi connectivity index (χ3n) is 6.35. The summed E-state index contributed by atoms with van der Waals surface area (Å²) in [4.78, 5) is 0. The fourth-order valence-corrected chi connectivity index (χ4v) is 8.66. The second-order valence-electron chi connectivity index (χ2n) is 12.7. The molecule has 30 heavy (non-hydrogen) atoms. The van der Waals surface area contributed by atoms with Gasteiger partial charge in [-0.3, -0.25) is 0 Å². The van der Waals surface area contributed by atoms with Crippen molar-refractivity contribution in [2.24, 2.45) is 21.7 Å². The minimum Gasteiger partial charge on any atom is -0.398 e. The molecule has 0 rings (SSSR count). The number of hydrogen-bond acceptors (Lipinski definition) is 4. The molecule has 0 saturated heterocycles. The van der Waals surface area contributed by atoms with E-state index in [1.54, 1.807) is 28.4 Å². The van der Waals surface area contributed by atoms with Crippen molar-refractivity contribution < 1.29 is 18.3 Å². The zero-order valence-electron chi connectivity index (χ0n) is 22.7. The Morgan fingerprint density at radius 3 is 1.43 bits per heavy atom. The highest BCUT2D eigenvalue weighted by Gasteiger charge is 2.41. The Bertz CT molecular complexity index is 478. The molecule has 0 bridgehead atoms. The summed E-state index contributed by atoms with van der Waals surface area (Å²) in [5.41, 5.74) is 1.04. The lowest BCUT2D eigenvalue weighted by Crippen LogP contribution is -2.42. The van der Waals surface area contributed by atoms with Crippen LogP contribution in [0.3, 0.4) is 0 Å². The lowest BCUT2D eigenvalue weighted by Gasteiger charge is -2.44. The van der Waals surface area contributed by atoms with Crippen molar-refractivity contribution in [1.82, 2.24) is 0 Å². The predicted octanol–water partition coefficient (Wildman–Crippen LogP) is 7.42. The van der Waals surface area contributed by atoms with Crippen LogP contribution < -0.4 is 0 Å². The first kappa shape index (κ1) is 30.1. The molecule has 0 aliphatic heterocycles. The van der Waals surface area contributed by atoms with Crippen LogP contribution in [0.5, 0.6) is 0 Å². The second kappa shape index (κ2) is 11.8. The van der Waals surface area contributed by atoms with Crippen molar-refractivity contribution in [3.05, 3.63) is 0 Å². The summed E-state index contributed by atoms with van der Waals surface area (Å²) >= 11 is 0. The Morgan fingerprint density at radius 2 is 1.03 bits per heavy atom. The standard InChI is InChI=1S/C25H54O4Si/c1-22(2,16-14-15-21(26-9)27-10)17-23(3,4)18-24(5,6)19-25(7,8)20-30(13,28-11)29-12/h21H,14-20H2,1-13H3. The van der Waals surface area contributed by atoms with Gasteiger partial charge in [-0.1, -0.05) is 55.4 Å². The summed E-state index contributed by atoms with van der Waals surface area (Å²) in [6, 6.07) is 1.02. The topological polar surface area (TPSA) is 36.9 Å². The number of rotatable bonds is 16. The van der Waals surface area contributed by atoms with E-state index in [0.29, 0.717) is 5.41 Å². The van der Waals surface area contributed by atoms with Gasteiger partial charge < -0.3 is 18.3 Å². The number of hydrogen-bond donors (Lipinski definition) is 0. The van der Waals surface area contributed by atoms with E-state index >= 15 is 0 Å². The molecule has 0 radical (unpaired) electrons. The van der Waals surface area contributed by atoms with Crippen LogP contribution in [0.4, 0.5) is 0 Å². The Kier molecular flexibility index (Phi) is 11.8.